The van der Waals surface area contributed by atoms with Crippen molar-refractivity contribution in [2.75, 3.05) is 5.32 Å². The maximum Gasteiger partial charge on any atom is 0.257 e. The second kappa shape index (κ2) is 8.94. The molecule has 0 unspecified atom stereocenters. The van der Waals surface area contributed by atoms with Gasteiger partial charge in [-0.2, -0.15) is 0 Å². The zero-order valence-corrected chi connectivity index (χ0v) is 20.1. The molecule has 0 saturated carbocycles. The van der Waals surface area contributed by atoms with E-state index in [9.17, 15) is 4.79 Å². The highest BCUT2D eigenvalue weighted by Gasteiger charge is 2.14. The number of hydrogen-bond donors (Lipinski definition) is 2. The number of carbonyl (C=O) groups is 1. The van der Waals surface area contributed by atoms with Crippen LogP contribution < -0.4 is 10.6 Å². The first-order valence-corrected chi connectivity index (χ1v) is 11.5. The quantitative estimate of drug-likeness (QED) is 0.239. The lowest BCUT2D eigenvalue weighted by Gasteiger charge is -2.09. The predicted octanol–water partition coefficient (Wildman–Crippen LogP) is 7.19. The average Bonchev–Trinajstić information content (AvgIpc) is 3.22. The number of rotatable bonds is 3. The lowest BCUT2D eigenvalue weighted by molar-refractivity contribution is 0.0977. The van der Waals surface area contributed by atoms with Gasteiger partial charge in [-0.3, -0.25) is 10.1 Å². The van der Waals surface area contributed by atoms with Crippen LogP contribution in [-0.2, 0) is 0 Å². The van der Waals surface area contributed by atoms with Gasteiger partial charge in [0.1, 0.15) is 5.52 Å². The summed E-state index contributed by atoms with van der Waals surface area (Å²) in [5, 5.41) is 8.47. The number of thiocarbonyl (C=S) groups is 1. The van der Waals surface area contributed by atoms with Crippen LogP contribution in [0.2, 0.25) is 5.02 Å². The molecule has 4 aromatic carbocycles. The summed E-state index contributed by atoms with van der Waals surface area (Å²) in [6.45, 7) is 0. The van der Waals surface area contributed by atoms with Crippen molar-refractivity contribution in [3.63, 3.8) is 0 Å². The zero-order valence-electron chi connectivity index (χ0n) is 16.9. The molecule has 5 nitrogen and oxygen atoms in total. The van der Waals surface area contributed by atoms with E-state index in [0.717, 1.165) is 20.8 Å². The second-order valence-corrected chi connectivity index (χ2v) is 8.99. The standard InChI is InChI=1S/C25H15BrClN3O2S/c26-15-5-1-4-14(12-15)23(31)30-25(33)28-16-10-11-22-21(13-16)29-24(32-22)19-8-2-7-18-17(19)6-3-9-20(18)27/h1-13H,(H2,28,30,31,33). The van der Waals surface area contributed by atoms with Crippen molar-refractivity contribution < 1.29 is 9.21 Å². The summed E-state index contributed by atoms with van der Waals surface area (Å²) in [5.41, 5.74) is 3.34. The van der Waals surface area contributed by atoms with Crippen molar-refractivity contribution in [1.82, 2.24) is 10.3 Å². The van der Waals surface area contributed by atoms with Crippen LogP contribution in [0.15, 0.2) is 87.8 Å². The summed E-state index contributed by atoms with van der Waals surface area (Å²) in [7, 11) is 0. The Morgan fingerprint density at radius 3 is 2.61 bits per heavy atom. The number of benzene rings is 4. The van der Waals surface area contributed by atoms with Crippen LogP contribution in [0.3, 0.4) is 0 Å². The Morgan fingerprint density at radius 1 is 0.970 bits per heavy atom. The first-order valence-electron chi connectivity index (χ1n) is 9.94. The zero-order chi connectivity index (χ0) is 22.9. The Morgan fingerprint density at radius 2 is 1.76 bits per heavy atom. The van der Waals surface area contributed by atoms with Crippen molar-refractivity contribution in [1.29, 1.82) is 0 Å². The Labute approximate surface area is 207 Å². The molecule has 5 rings (SSSR count). The fourth-order valence-electron chi connectivity index (χ4n) is 3.55. The van der Waals surface area contributed by atoms with E-state index in [-0.39, 0.29) is 11.0 Å². The van der Waals surface area contributed by atoms with Gasteiger partial charge in [0, 0.05) is 31.7 Å². The number of anilines is 1. The minimum absolute atomic E-state index is 0.187. The third-order valence-electron chi connectivity index (χ3n) is 5.06. The Hall–Kier alpha value is -3.26. The third kappa shape index (κ3) is 4.48. The fraction of sp³-hybridized carbons (Fsp3) is 0. The number of fused-ring (bicyclic) bond motifs is 2. The fourth-order valence-corrected chi connectivity index (χ4v) is 4.39. The highest BCUT2D eigenvalue weighted by atomic mass is 79.9. The molecule has 33 heavy (non-hydrogen) atoms. The Bertz CT molecular complexity index is 1550. The van der Waals surface area contributed by atoms with E-state index in [1.165, 1.54) is 0 Å². The van der Waals surface area contributed by atoms with E-state index in [2.05, 4.69) is 31.5 Å². The first-order chi connectivity index (χ1) is 16.0. The molecule has 0 fully saturated rings. The topological polar surface area (TPSA) is 67.2 Å². The van der Waals surface area contributed by atoms with E-state index < -0.39 is 0 Å². The molecular formula is C25H15BrClN3O2S. The summed E-state index contributed by atoms with van der Waals surface area (Å²) < 4.78 is 6.82. The van der Waals surface area contributed by atoms with Gasteiger partial charge in [-0.05, 0) is 66.1 Å². The molecule has 0 spiro atoms. The van der Waals surface area contributed by atoms with E-state index in [0.29, 0.717) is 33.3 Å². The highest BCUT2D eigenvalue weighted by Crippen LogP contribution is 2.33. The largest absolute Gasteiger partial charge is 0.436 e. The van der Waals surface area contributed by atoms with Gasteiger partial charge in [0.25, 0.3) is 5.91 Å². The van der Waals surface area contributed by atoms with Gasteiger partial charge in [0.15, 0.2) is 10.7 Å². The van der Waals surface area contributed by atoms with Crippen LogP contribution in [0.25, 0.3) is 33.3 Å². The van der Waals surface area contributed by atoms with Gasteiger partial charge in [-0.1, -0.05) is 57.9 Å². The van der Waals surface area contributed by atoms with Gasteiger partial charge in [-0.25, -0.2) is 4.98 Å². The summed E-state index contributed by atoms with van der Waals surface area (Å²) in [5.74, 6) is 0.203. The number of carbonyl (C=O) groups excluding carboxylic acids is 1. The third-order valence-corrected chi connectivity index (χ3v) is 6.09. The molecule has 0 bridgehead atoms. The maximum atomic E-state index is 12.4. The number of hydrogen-bond acceptors (Lipinski definition) is 4. The van der Waals surface area contributed by atoms with Crippen LogP contribution in [0.1, 0.15) is 10.4 Å². The number of oxazole rings is 1. The molecule has 0 aliphatic rings. The van der Waals surface area contributed by atoms with Crippen molar-refractivity contribution >= 4 is 78.3 Å². The molecule has 5 aromatic rings. The molecule has 2 N–H and O–H groups in total. The van der Waals surface area contributed by atoms with E-state index >= 15 is 0 Å². The lowest BCUT2D eigenvalue weighted by atomic mass is 10.0. The Kier molecular flexibility index (Phi) is 5.85. The molecule has 0 aliphatic carbocycles. The number of nitrogens with one attached hydrogen (secondary N) is 2. The summed E-state index contributed by atoms with van der Waals surface area (Å²) in [6.07, 6.45) is 0. The van der Waals surface area contributed by atoms with Crippen LogP contribution in [0.4, 0.5) is 5.69 Å². The van der Waals surface area contributed by atoms with E-state index in [4.69, 9.17) is 28.2 Å². The molecule has 1 heterocycles. The highest BCUT2D eigenvalue weighted by molar-refractivity contribution is 9.10. The summed E-state index contributed by atoms with van der Waals surface area (Å²) in [4.78, 5) is 17.1. The van der Waals surface area contributed by atoms with Crippen LogP contribution >= 0.6 is 39.7 Å². The van der Waals surface area contributed by atoms with E-state index in [1.54, 1.807) is 18.2 Å². The minimum atomic E-state index is -0.298. The van der Waals surface area contributed by atoms with Gasteiger partial charge in [-0.15, -0.1) is 0 Å². The predicted molar refractivity (Wildman–Crippen MR) is 140 cm³/mol. The molecule has 0 aliphatic heterocycles. The van der Waals surface area contributed by atoms with Crippen molar-refractivity contribution in [3.05, 3.63) is 93.9 Å². The molecular weight excluding hydrogens is 522 g/mol. The summed E-state index contributed by atoms with van der Waals surface area (Å²) >= 11 is 15.0. The van der Waals surface area contributed by atoms with Gasteiger partial charge in [0.2, 0.25) is 5.89 Å². The molecule has 8 heteroatoms. The van der Waals surface area contributed by atoms with Gasteiger partial charge in [0.05, 0.1) is 0 Å². The van der Waals surface area contributed by atoms with Crippen molar-refractivity contribution in [3.8, 4) is 11.5 Å². The van der Waals surface area contributed by atoms with E-state index in [1.807, 2.05) is 60.7 Å². The average molecular weight is 537 g/mol. The SMILES string of the molecule is O=C(NC(=S)Nc1ccc2oc(-c3cccc4c(Cl)cccc34)nc2c1)c1cccc(Br)c1. The smallest absolute Gasteiger partial charge is 0.257 e. The van der Waals surface area contributed by atoms with Crippen LogP contribution in [-0.4, -0.2) is 16.0 Å². The van der Waals surface area contributed by atoms with Crippen LogP contribution in [0.5, 0.6) is 0 Å². The first kappa shape index (κ1) is 21.6. The maximum absolute atomic E-state index is 12.4. The van der Waals surface area contributed by atoms with Crippen LogP contribution in [0, 0.1) is 0 Å². The molecule has 0 radical (unpaired) electrons. The molecule has 1 amide bonds. The number of nitrogens with zero attached hydrogens (tertiary/aromatic N) is 1. The van der Waals surface area contributed by atoms with Crippen molar-refractivity contribution in [2.45, 2.75) is 0 Å². The second-order valence-electron chi connectivity index (χ2n) is 7.26. The molecule has 1 aromatic heterocycles. The Balaban J connectivity index is 1.38. The molecule has 162 valence electrons. The number of aromatic nitrogens is 1. The van der Waals surface area contributed by atoms with Crippen molar-refractivity contribution in [2.24, 2.45) is 0 Å². The minimum Gasteiger partial charge on any atom is -0.436 e. The van der Waals surface area contributed by atoms with Gasteiger partial charge < -0.3 is 9.73 Å². The number of amides is 1. The summed E-state index contributed by atoms with van der Waals surface area (Å²) in [6, 6.07) is 24.1. The van der Waals surface area contributed by atoms with Gasteiger partial charge >= 0.3 is 0 Å². The monoisotopic (exact) mass is 535 g/mol. The lowest BCUT2D eigenvalue weighted by Crippen LogP contribution is -2.34. The normalized spacial score (nSPS) is 11.0. The molecule has 0 atom stereocenters. The molecule has 0 saturated heterocycles. The number of halogens is 2.